The van der Waals surface area contributed by atoms with Crippen molar-refractivity contribution in [2.45, 2.75) is 18.7 Å². The topological polar surface area (TPSA) is 93.7 Å². The third-order valence-electron chi connectivity index (χ3n) is 4.12. The van der Waals surface area contributed by atoms with Gasteiger partial charge in [-0.1, -0.05) is 24.3 Å². The second-order valence-electron chi connectivity index (χ2n) is 6.57. The lowest BCUT2D eigenvalue weighted by Crippen LogP contribution is -2.15. The second kappa shape index (κ2) is 8.87. The zero-order valence-corrected chi connectivity index (χ0v) is 17.6. The van der Waals surface area contributed by atoms with Gasteiger partial charge >= 0.3 is 0 Å². The van der Waals surface area contributed by atoms with Crippen LogP contribution in [-0.2, 0) is 14.8 Å². The molecule has 0 fully saturated rings. The van der Waals surface area contributed by atoms with Gasteiger partial charge in [0.15, 0.2) is 5.75 Å². The Bertz CT molecular complexity index is 1180. The van der Waals surface area contributed by atoms with Gasteiger partial charge < -0.3 is 14.8 Å². The number of rotatable bonds is 7. The average Bonchev–Trinajstić information content (AvgIpc) is 2.69. The molecule has 3 aromatic carbocycles. The molecule has 3 aromatic rings. The van der Waals surface area contributed by atoms with E-state index < -0.39 is 10.0 Å². The van der Waals surface area contributed by atoms with E-state index in [2.05, 4.69) is 10.0 Å². The fraction of sp³-hybridized carbons (Fsp3) is 0.136. The van der Waals surface area contributed by atoms with Crippen LogP contribution in [-0.4, -0.2) is 21.4 Å². The van der Waals surface area contributed by atoms with Gasteiger partial charge in [-0.05, 0) is 55.0 Å². The minimum atomic E-state index is -4.04. The third kappa shape index (κ3) is 5.09. The van der Waals surface area contributed by atoms with E-state index >= 15 is 0 Å². The Kier molecular flexibility index (Phi) is 6.27. The van der Waals surface area contributed by atoms with E-state index in [0.29, 0.717) is 17.2 Å². The molecule has 0 saturated heterocycles. The van der Waals surface area contributed by atoms with Gasteiger partial charge in [-0.25, -0.2) is 8.42 Å². The number of amides is 1. The number of ether oxygens (including phenoxy) is 2. The van der Waals surface area contributed by atoms with Gasteiger partial charge in [0.1, 0.15) is 16.4 Å². The monoisotopic (exact) mass is 426 g/mol. The second-order valence-corrected chi connectivity index (χ2v) is 8.22. The van der Waals surface area contributed by atoms with Crippen molar-refractivity contribution >= 4 is 27.3 Å². The van der Waals surface area contributed by atoms with E-state index in [1.54, 1.807) is 36.4 Å². The molecule has 1 amide bonds. The van der Waals surface area contributed by atoms with Gasteiger partial charge in [-0.15, -0.1) is 0 Å². The number of sulfonamides is 1. The van der Waals surface area contributed by atoms with Crippen molar-refractivity contribution in [3.8, 4) is 17.2 Å². The molecule has 0 radical (unpaired) electrons. The Balaban J connectivity index is 1.95. The molecule has 0 bridgehead atoms. The van der Waals surface area contributed by atoms with Crippen LogP contribution in [0.2, 0.25) is 0 Å². The number of anilines is 2. The summed E-state index contributed by atoms with van der Waals surface area (Å²) in [5.74, 6) is 0.776. The predicted molar refractivity (Wildman–Crippen MR) is 116 cm³/mol. The maximum absolute atomic E-state index is 13.1. The molecule has 0 aliphatic carbocycles. The van der Waals surface area contributed by atoms with Crippen LogP contribution in [0.15, 0.2) is 71.6 Å². The van der Waals surface area contributed by atoms with Crippen molar-refractivity contribution < 1.29 is 22.7 Å². The standard InChI is InChI=1S/C22H22N2O5S/c1-15-7-6-8-18(13-15)29-20-10-5-4-9-19(20)24-30(26,27)22-14-17(23-16(2)25)11-12-21(22)28-3/h4-14,24H,1-3H3,(H,23,25). The summed E-state index contributed by atoms with van der Waals surface area (Å²) in [6, 6.07) is 18.6. The minimum Gasteiger partial charge on any atom is -0.495 e. The minimum absolute atomic E-state index is 0.110. The quantitative estimate of drug-likeness (QED) is 0.578. The van der Waals surface area contributed by atoms with Crippen molar-refractivity contribution in [2.75, 3.05) is 17.1 Å². The van der Waals surface area contributed by atoms with E-state index in [0.717, 1.165) is 5.56 Å². The van der Waals surface area contributed by atoms with Gasteiger partial charge in [0, 0.05) is 12.6 Å². The van der Waals surface area contributed by atoms with Crippen LogP contribution in [0.25, 0.3) is 0 Å². The van der Waals surface area contributed by atoms with E-state index in [1.807, 2.05) is 25.1 Å². The molecule has 7 nitrogen and oxygen atoms in total. The molecule has 0 spiro atoms. The first-order valence-corrected chi connectivity index (χ1v) is 10.6. The van der Waals surface area contributed by atoms with Crippen LogP contribution >= 0.6 is 0 Å². The summed E-state index contributed by atoms with van der Waals surface area (Å²) in [6.07, 6.45) is 0. The highest BCUT2D eigenvalue weighted by Gasteiger charge is 2.22. The molecule has 0 heterocycles. The van der Waals surface area contributed by atoms with Crippen molar-refractivity contribution in [1.82, 2.24) is 0 Å². The number of carbonyl (C=O) groups is 1. The molecule has 30 heavy (non-hydrogen) atoms. The maximum Gasteiger partial charge on any atom is 0.265 e. The zero-order chi connectivity index (χ0) is 21.7. The Morgan fingerprint density at radius 2 is 1.70 bits per heavy atom. The molecule has 156 valence electrons. The van der Waals surface area contributed by atoms with E-state index in [4.69, 9.17) is 9.47 Å². The summed E-state index contributed by atoms with van der Waals surface area (Å²) in [5.41, 5.74) is 1.63. The van der Waals surface area contributed by atoms with Crippen molar-refractivity contribution in [3.05, 3.63) is 72.3 Å². The maximum atomic E-state index is 13.1. The number of methoxy groups -OCH3 is 1. The van der Waals surface area contributed by atoms with Crippen LogP contribution in [0.1, 0.15) is 12.5 Å². The fourth-order valence-electron chi connectivity index (χ4n) is 2.81. The van der Waals surface area contributed by atoms with Crippen molar-refractivity contribution in [1.29, 1.82) is 0 Å². The largest absolute Gasteiger partial charge is 0.495 e. The Morgan fingerprint density at radius 3 is 2.40 bits per heavy atom. The number of nitrogens with one attached hydrogen (secondary N) is 2. The van der Waals surface area contributed by atoms with Crippen molar-refractivity contribution in [3.63, 3.8) is 0 Å². The molecular formula is C22H22N2O5S. The van der Waals surface area contributed by atoms with Crippen LogP contribution in [0, 0.1) is 6.92 Å². The number of benzene rings is 3. The van der Waals surface area contributed by atoms with Crippen LogP contribution in [0.4, 0.5) is 11.4 Å². The summed E-state index contributed by atoms with van der Waals surface area (Å²) in [6.45, 7) is 3.28. The van der Waals surface area contributed by atoms with Crippen LogP contribution in [0.5, 0.6) is 17.2 Å². The highest BCUT2D eigenvalue weighted by atomic mass is 32.2. The predicted octanol–water partition coefficient (Wildman–Crippen LogP) is 4.56. The molecular weight excluding hydrogens is 404 g/mol. The first-order chi connectivity index (χ1) is 14.3. The highest BCUT2D eigenvalue weighted by Crippen LogP contribution is 2.34. The lowest BCUT2D eigenvalue weighted by atomic mass is 10.2. The molecule has 0 aliphatic rings. The molecule has 8 heteroatoms. The average molecular weight is 426 g/mol. The Hall–Kier alpha value is -3.52. The summed E-state index contributed by atoms with van der Waals surface area (Å²) in [4.78, 5) is 11.2. The normalized spacial score (nSPS) is 10.9. The number of hydrogen-bond acceptors (Lipinski definition) is 5. The Labute approximate surface area is 175 Å². The number of para-hydroxylation sites is 2. The number of carbonyl (C=O) groups excluding carboxylic acids is 1. The first-order valence-electron chi connectivity index (χ1n) is 9.10. The highest BCUT2D eigenvalue weighted by molar-refractivity contribution is 7.92. The van der Waals surface area contributed by atoms with Gasteiger partial charge in [-0.2, -0.15) is 0 Å². The molecule has 0 aromatic heterocycles. The van der Waals surface area contributed by atoms with E-state index in [-0.39, 0.29) is 22.2 Å². The summed E-state index contributed by atoms with van der Waals surface area (Å²) >= 11 is 0. The number of hydrogen-bond donors (Lipinski definition) is 2. The lowest BCUT2D eigenvalue weighted by molar-refractivity contribution is -0.114. The van der Waals surface area contributed by atoms with Gasteiger partial charge in [0.25, 0.3) is 10.0 Å². The smallest absolute Gasteiger partial charge is 0.265 e. The van der Waals surface area contributed by atoms with Crippen LogP contribution in [0.3, 0.4) is 0 Å². The molecule has 0 unspecified atom stereocenters. The van der Waals surface area contributed by atoms with Gasteiger partial charge in [-0.3, -0.25) is 9.52 Å². The zero-order valence-electron chi connectivity index (χ0n) is 16.8. The van der Waals surface area contributed by atoms with Crippen LogP contribution < -0.4 is 19.5 Å². The third-order valence-corrected chi connectivity index (χ3v) is 5.51. The molecule has 3 rings (SSSR count). The van der Waals surface area contributed by atoms with Gasteiger partial charge in [0.2, 0.25) is 5.91 Å². The SMILES string of the molecule is COc1ccc(NC(C)=O)cc1S(=O)(=O)Nc1ccccc1Oc1cccc(C)c1. The molecule has 0 atom stereocenters. The molecule has 0 saturated carbocycles. The summed E-state index contributed by atoms with van der Waals surface area (Å²) in [5, 5.41) is 2.57. The summed E-state index contributed by atoms with van der Waals surface area (Å²) in [7, 11) is -2.67. The van der Waals surface area contributed by atoms with E-state index in [9.17, 15) is 13.2 Å². The molecule has 2 N–H and O–H groups in total. The van der Waals surface area contributed by atoms with E-state index in [1.165, 1.54) is 26.2 Å². The fourth-order valence-corrected chi connectivity index (χ4v) is 4.08. The van der Waals surface area contributed by atoms with Gasteiger partial charge in [0.05, 0.1) is 12.8 Å². The van der Waals surface area contributed by atoms with Crippen molar-refractivity contribution in [2.24, 2.45) is 0 Å². The lowest BCUT2D eigenvalue weighted by Gasteiger charge is -2.16. The first kappa shape index (κ1) is 21.2. The molecule has 0 aliphatic heterocycles. The summed E-state index contributed by atoms with van der Waals surface area (Å²) < 4.78 is 39.9. The number of aryl methyl sites for hydroxylation is 1. The Morgan fingerprint density at radius 1 is 0.933 bits per heavy atom.